The fraction of sp³-hybridized carbons (Fsp3) is 0.667. The van der Waals surface area contributed by atoms with Gasteiger partial charge in [0.05, 0.1) is 4.90 Å². The number of sulfonamides is 1. The van der Waals surface area contributed by atoms with E-state index >= 15 is 0 Å². The molecule has 1 amide bonds. The zero-order chi connectivity index (χ0) is 23.9. The van der Waals surface area contributed by atoms with Crippen molar-refractivity contribution in [3.05, 3.63) is 29.3 Å². The molecule has 1 aromatic carbocycles. The molecule has 7 nitrogen and oxygen atoms in total. The van der Waals surface area contributed by atoms with Crippen LogP contribution in [0.1, 0.15) is 36.2 Å². The zero-order valence-electron chi connectivity index (χ0n) is 18.8. The molecular formula is C21H32F3N3O4S. The van der Waals surface area contributed by atoms with Gasteiger partial charge in [-0.25, -0.2) is 8.42 Å². The number of hydrogen-bond donors (Lipinski definition) is 0. The second-order valence-corrected chi connectivity index (χ2v) is 9.63. The molecular weight excluding hydrogens is 447 g/mol. The van der Waals surface area contributed by atoms with E-state index in [2.05, 4.69) is 9.64 Å². The van der Waals surface area contributed by atoms with Gasteiger partial charge in [-0.3, -0.25) is 9.69 Å². The van der Waals surface area contributed by atoms with Gasteiger partial charge in [-0.1, -0.05) is 19.9 Å². The average Bonchev–Trinajstić information content (AvgIpc) is 2.73. The number of alkyl halides is 3. The second-order valence-electron chi connectivity index (χ2n) is 7.72. The van der Waals surface area contributed by atoms with Gasteiger partial charge in [-0.15, -0.1) is 0 Å². The van der Waals surface area contributed by atoms with Crippen molar-refractivity contribution < 1.29 is 31.1 Å². The third-order valence-electron chi connectivity index (χ3n) is 5.45. The van der Waals surface area contributed by atoms with Crippen LogP contribution in [0.25, 0.3) is 0 Å². The van der Waals surface area contributed by atoms with Crippen LogP contribution in [-0.4, -0.2) is 93.6 Å². The van der Waals surface area contributed by atoms with Crippen LogP contribution in [0.3, 0.4) is 0 Å². The molecule has 11 heteroatoms. The van der Waals surface area contributed by atoms with E-state index < -0.39 is 22.8 Å². The molecule has 0 aliphatic carbocycles. The van der Waals surface area contributed by atoms with E-state index in [0.717, 1.165) is 0 Å². The molecule has 0 aromatic heterocycles. The highest BCUT2D eigenvalue weighted by Gasteiger charge is 2.28. The first kappa shape index (κ1) is 26.6. The summed E-state index contributed by atoms with van der Waals surface area (Å²) in [5.74, 6) is -0.228. The number of nitrogens with zero attached hydrogens (tertiary/aromatic N) is 3. The number of hydrogen-bond acceptors (Lipinski definition) is 5. The molecule has 0 unspecified atom stereocenters. The third-order valence-corrected chi connectivity index (χ3v) is 7.64. The van der Waals surface area contributed by atoms with E-state index in [4.69, 9.17) is 0 Å². The first-order valence-corrected chi connectivity index (χ1v) is 12.2. The topological polar surface area (TPSA) is 70.2 Å². The van der Waals surface area contributed by atoms with E-state index in [1.807, 2.05) is 0 Å². The van der Waals surface area contributed by atoms with Crippen LogP contribution in [0.15, 0.2) is 23.1 Å². The predicted octanol–water partition coefficient (Wildman–Crippen LogP) is 2.75. The molecule has 0 saturated carbocycles. The number of ether oxygens (including phenoxy) is 1. The van der Waals surface area contributed by atoms with Crippen LogP contribution in [0.2, 0.25) is 0 Å². The Balaban J connectivity index is 1.93. The normalized spacial score (nSPS) is 16.0. The minimum Gasteiger partial charge on any atom is -0.372 e. The van der Waals surface area contributed by atoms with Crippen molar-refractivity contribution in [2.75, 3.05) is 59.0 Å². The molecule has 182 valence electrons. The molecule has 1 aromatic rings. The Hall–Kier alpha value is -1.69. The van der Waals surface area contributed by atoms with E-state index in [1.165, 1.54) is 10.4 Å². The maximum Gasteiger partial charge on any atom is 0.411 e. The largest absolute Gasteiger partial charge is 0.411 e. The Kier molecular flexibility index (Phi) is 9.50. The number of carbonyl (C=O) groups is 1. The molecule has 0 spiro atoms. The minimum atomic E-state index is -4.31. The molecule has 0 atom stereocenters. The monoisotopic (exact) mass is 479 g/mol. The second kappa shape index (κ2) is 11.4. The first-order valence-electron chi connectivity index (χ1n) is 10.8. The van der Waals surface area contributed by atoms with Crippen LogP contribution in [0.4, 0.5) is 13.2 Å². The Morgan fingerprint density at radius 2 is 1.75 bits per heavy atom. The van der Waals surface area contributed by atoms with Crippen molar-refractivity contribution in [2.24, 2.45) is 0 Å². The lowest BCUT2D eigenvalue weighted by atomic mass is 10.1. The molecule has 1 saturated heterocycles. The van der Waals surface area contributed by atoms with Crippen LogP contribution < -0.4 is 0 Å². The molecule has 0 N–H and O–H groups in total. The molecule has 1 aliphatic rings. The predicted molar refractivity (Wildman–Crippen MR) is 115 cm³/mol. The fourth-order valence-electron chi connectivity index (χ4n) is 3.65. The summed E-state index contributed by atoms with van der Waals surface area (Å²) < 4.78 is 68.1. The summed E-state index contributed by atoms with van der Waals surface area (Å²) in [5.41, 5.74) is 0.918. The zero-order valence-corrected chi connectivity index (χ0v) is 19.6. The van der Waals surface area contributed by atoms with Crippen molar-refractivity contribution in [1.82, 2.24) is 14.1 Å². The van der Waals surface area contributed by atoms with Gasteiger partial charge in [0, 0.05) is 58.0 Å². The molecule has 0 radical (unpaired) electrons. The third kappa shape index (κ3) is 7.16. The van der Waals surface area contributed by atoms with Gasteiger partial charge in [0.2, 0.25) is 10.0 Å². The van der Waals surface area contributed by atoms with Crippen molar-refractivity contribution in [3.8, 4) is 0 Å². The number of amides is 1. The summed E-state index contributed by atoms with van der Waals surface area (Å²) in [7, 11) is -3.68. The van der Waals surface area contributed by atoms with Crippen LogP contribution in [0, 0.1) is 6.92 Å². The van der Waals surface area contributed by atoms with Gasteiger partial charge in [0.1, 0.15) is 6.61 Å². The fourth-order valence-corrected chi connectivity index (χ4v) is 5.36. The van der Waals surface area contributed by atoms with Gasteiger partial charge in [-0.05, 0) is 31.0 Å². The highest BCUT2D eigenvalue weighted by Crippen LogP contribution is 2.22. The number of halogens is 3. The van der Waals surface area contributed by atoms with Crippen molar-refractivity contribution in [1.29, 1.82) is 0 Å². The molecule has 2 rings (SSSR count). The summed E-state index contributed by atoms with van der Waals surface area (Å²) in [5, 5.41) is 0. The average molecular weight is 480 g/mol. The van der Waals surface area contributed by atoms with Crippen molar-refractivity contribution >= 4 is 15.9 Å². The van der Waals surface area contributed by atoms with Crippen molar-refractivity contribution in [2.45, 2.75) is 38.3 Å². The van der Waals surface area contributed by atoms with Gasteiger partial charge < -0.3 is 9.64 Å². The Morgan fingerprint density at radius 3 is 2.31 bits per heavy atom. The van der Waals surface area contributed by atoms with E-state index in [-0.39, 0.29) is 17.4 Å². The summed E-state index contributed by atoms with van der Waals surface area (Å²) in [6.07, 6.45) is -3.83. The number of aryl methyl sites for hydroxylation is 1. The maximum absolute atomic E-state index is 13.0. The maximum atomic E-state index is 13.0. The number of carbonyl (C=O) groups excluding carboxylic acids is 1. The van der Waals surface area contributed by atoms with Gasteiger partial charge in [0.25, 0.3) is 5.91 Å². The summed E-state index contributed by atoms with van der Waals surface area (Å²) in [6.45, 7) is 7.47. The van der Waals surface area contributed by atoms with E-state index in [0.29, 0.717) is 63.4 Å². The standard InChI is InChI=1S/C21H32F3N3O4S/c1-4-27(5-2)32(29,30)19-15-18(8-7-17(19)3)20(28)26-12-10-25(11-13-26)9-6-14-31-16-21(22,23)24/h7-8,15H,4-6,9-14,16H2,1-3H3. The van der Waals surface area contributed by atoms with Crippen LogP contribution >= 0.6 is 0 Å². The summed E-state index contributed by atoms with van der Waals surface area (Å²) >= 11 is 0. The first-order chi connectivity index (χ1) is 15.0. The number of benzene rings is 1. The van der Waals surface area contributed by atoms with Gasteiger partial charge >= 0.3 is 6.18 Å². The Morgan fingerprint density at radius 1 is 1.12 bits per heavy atom. The van der Waals surface area contributed by atoms with Gasteiger partial charge in [-0.2, -0.15) is 17.5 Å². The Labute approximate surface area is 188 Å². The molecule has 0 bridgehead atoms. The lowest BCUT2D eigenvalue weighted by molar-refractivity contribution is -0.174. The lowest BCUT2D eigenvalue weighted by Gasteiger charge is -2.35. The molecule has 1 heterocycles. The number of rotatable bonds is 10. The lowest BCUT2D eigenvalue weighted by Crippen LogP contribution is -2.49. The Bertz CT molecular complexity index is 866. The highest BCUT2D eigenvalue weighted by molar-refractivity contribution is 7.89. The van der Waals surface area contributed by atoms with Crippen LogP contribution in [-0.2, 0) is 14.8 Å². The minimum absolute atomic E-state index is 0.0335. The molecule has 1 aliphatic heterocycles. The SMILES string of the molecule is CCN(CC)S(=O)(=O)c1cc(C(=O)N2CCN(CCCOCC(F)(F)F)CC2)ccc1C. The smallest absolute Gasteiger partial charge is 0.372 e. The van der Waals surface area contributed by atoms with E-state index in [9.17, 15) is 26.4 Å². The van der Waals surface area contributed by atoms with Gasteiger partial charge in [0.15, 0.2) is 0 Å². The quantitative estimate of drug-likeness (QED) is 0.483. The summed E-state index contributed by atoms with van der Waals surface area (Å²) in [4.78, 5) is 16.9. The van der Waals surface area contributed by atoms with E-state index in [1.54, 1.807) is 37.8 Å². The summed E-state index contributed by atoms with van der Waals surface area (Å²) in [6, 6.07) is 4.75. The highest BCUT2D eigenvalue weighted by atomic mass is 32.2. The molecule has 1 fully saturated rings. The van der Waals surface area contributed by atoms with Crippen molar-refractivity contribution in [3.63, 3.8) is 0 Å². The molecule has 32 heavy (non-hydrogen) atoms. The number of piperazine rings is 1. The van der Waals surface area contributed by atoms with Crippen LogP contribution in [0.5, 0.6) is 0 Å².